The minimum atomic E-state index is 0.243. The predicted molar refractivity (Wildman–Crippen MR) is 77.4 cm³/mol. The maximum absolute atomic E-state index is 12.1. The van der Waals surface area contributed by atoms with Crippen LogP contribution in [0.4, 0.5) is 0 Å². The third-order valence-corrected chi connectivity index (χ3v) is 4.22. The molecule has 18 heavy (non-hydrogen) atoms. The first-order valence-corrected chi connectivity index (χ1v) is 8.32. The third kappa shape index (κ3) is 4.07. The van der Waals surface area contributed by atoms with Crippen LogP contribution in [0, 0.1) is 0 Å². The van der Waals surface area contributed by atoms with Crippen LogP contribution in [0.25, 0.3) is 0 Å². The molecule has 0 aliphatic carbocycles. The second kappa shape index (κ2) is 7.26. The number of alkyl halides is 1. The van der Waals surface area contributed by atoms with Gasteiger partial charge in [0.2, 0.25) is 5.91 Å². The summed E-state index contributed by atoms with van der Waals surface area (Å²) in [4.78, 5) is 14.0. The van der Waals surface area contributed by atoms with Crippen LogP contribution in [0.1, 0.15) is 18.4 Å². The molecule has 1 aliphatic heterocycles. The Morgan fingerprint density at radius 1 is 1.50 bits per heavy atom. The van der Waals surface area contributed by atoms with Crippen LogP contribution in [0.15, 0.2) is 16.8 Å². The molecule has 1 amide bonds. The summed E-state index contributed by atoms with van der Waals surface area (Å²) in [5.74, 6) is 0.243. The van der Waals surface area contributed by atoms with Gasteiger partial charge >= 0.3 is 0 Å². The van der Waals surface area contributed by atoms with Gasteiger partial charge in [-0.05, 0) is 35.2 Å². The van der Waals surface area contributed by atoms with Gasteiger partial charge in [-0.1, -0.05) is 15.9 Å². The monoisotopic (exact) mass is 331 g/mol. The summed E-state index contributed by atoms with van der Waals surface area (Å²) in [6.45, 7) is 2.42. The number of carbonyl (C=O) groups is 1. The molecule has 1 aliphatic rings. The molecule has 0 atom stereocenters. The van der Waals surface area contributed by atoms with E-state index < -0.39 is 0 Å². The zero-order valence-corrected chi connectivity index (χ0v) is 12.7. The number of likely N-dealkylation sites (tertiary alicyclic amines) is 1. The van der Waals surface area contributed by atoms with Crippen molar-refractivity contribution in [1.82, 2.24) is 4.90 Å². The van der Waals surface area contributed by atoms with Gasteiger partial charge in [0.05, 0.1) is 19.1 Å². The highest BCUT2D eigenvalue weighted by atomic mass is 79.9. The molecule has 0 aromatic carbocycles. The average molecular weight is 332 g/mol. The Balaban J connectivity index is 1.73. The summed E-state index contributed by atoms with van der Waals surface area (Å²) in [6.07, 6.45) is 2.79. The largest absolute Gasteiger partial charge is 0.377 e. The normalized spacial score (nSPS) is 17.1. The molecule has 2 heterocycles. The minimum Gasteiger partial charge on any atom is -0.377 e. The molecule has 1 aromatic heterocycles. The van der Waals surface area contributed by atoms with Crippen molar-refractivity contribution in [3.8, 4) is 0 Å². The number of hydrogen-bond acceptors (Lipinski definition) is 3. The second-order valence-corrected chi connectivity index (χ2v) is 6.02. The highest BCUT2D eigenvalue weighted by Crippen LogP contribution is 2.16. The topological polar surface area (TPSA) is 29.5 Å². The smallest absolute Gasteiger partial charge is 0.227 e. The number of amides is 1. The lowest BCUT2D eigenvalue weighted by molar-refractivity contribution is -0.133. The maximum atomic E-state index is 12.1. The van der Waals surface area contributed by atoms with Crippen molar-refractivity contribution in [3.63, 3.8) is 0 Å². The van der Waals surface area contributed by atoms with Crippen molar-refractivity contribution in [2.24, 2.45) is 0 Å². The Hall–Kier alpha value is -0.390. The quantitative estimate of drug-likeness (QED) is 0.776. The van der Waals surface area contributed by atoms with Gasteiger partial charge in [-0.15, -0.1) is 0 Å². The average Bonchev–Trinajstić information content (AvgIpc) is 2.89. The van der Waals surface area contributed by atoms with E-state index in [0.717, 1.165) is 43.4 Å². The molecule has 0 spiro atoms. The van der Waals surface area contributed by atoms with Gasteiger partial charge in [0.1, 0.15) is 0 Å². The lowest BCUT2D eigenvalue weighted by Gasteiger charge is -2.31. The Kier molecular flexibility index (Phi) is 5.66. The Labute approximate surface area is 120 Å². The van der Waals surface area contributed by atoms with Crippen molar-refractivity contribution in [2.75, 3.05) is 25.0 Å². The Bertz CT molecular complexity index is 361. The van der Waals surface area contributed by atoms with Gasteiger partial charge in [-0.3, -0.25) is 4.79 Å². The predicted octanol–water partition coefficient (Wildman–Crippen LogP) is 2.69. The third-order valence-electron chi connectivity index (χ3n) is 3.16. The maximum Gasteiger partial charge on any atom is 0.227 e. The Morgan fingerprint density at radius 3 is 2.89 bits per heavy atom. The summed E-state index contributed by atoms with van der Waals surface area (Å²) in [5, 5.41) is 4.94. The molecular formula is C13H18BrNO2S. The molecule has 3 nitrogen and oxygen atoms in total. The van der Waals surface area contributed by atoms with Crippen molar-refractivity contribution in [2.45, 2.75) is 25.4 Å². The van der Waals surface area contributed by atoms with E-state index in [1.54, 1.807) is 11.3 Å². The lowest BCUT2D eigenvalue weighted by Crippen LogP contribution is -2.41. The molecular weight excluding hydrogens is 314 g/mol. The number of thiophene rings is 1. The fourth-order valence-electron chi connectivity index (χ4n) is 2.16. The first-order valence-electron chi connectivity index (χ1n) is 6.26. The lowest BCUT2D eigenvalue weighted by atomic mass is 10.1. The van der Waals surface area contributed by atoms with Crippen molar-refractivity contribution in [1.29, 1.82) is 0 Å². The molecule has 1 fully saturated rings. The van der Waals surface area contributed by atoms with Gasteiger partial charge in [-0.2, -0.15) is 11.3 Å². The van der Waals surface area contributed by atoms with Crippen LogP contribution in [0.3, 0.4) is 0 Å². The summed E-state index contributed by atoms with van der Waals surface area (Å²) in [6, 6.07) is 2.02. The van der Waals surface area contributed by atoms with Gasteiger partial charge in [0.15, 0.2) is 0 Å². The van der Waals surface area contributed by atoms with Crippen molar-refractivity contribution < 1.29 is 9.53 Å². The fourth-order valence-corrected chi connectivity index (χ4v) is 3.02. The van der Waals surface area contributed by atoms with E-state index in [1.165, 1.54) is 0 Å². The molecule has 1 saturated heterocycles. The van der Waals surface area contributed by atoms with Crippen LogP contribution in [0.2, 0.25) is 0 Å². The van der Waals surface area contributed by atoms with Crippen LogP contribution >= 0.6 is 27.3 Å². The number of rotatable bonds is 5. The molecule has 5 heteroatoms. The fraction of sp³-hybridized carbons (Fsp3) is 0.615. The van der Waals surface area contributed by atoms with Crippen molar-refractivity contribution in [3.05, 3.63) is 22.4 Å². The summed E-state index contributed by atoms with van der Waals surface area (Å²) < 4.78 is 5.68. The van der Waals surface area contributed by atoms with Gasteiger partial charge in [-0.25, -0.2) is 0 Å². The molecule has 0 saturated carbocycles. The van der Waals surface area contributed by atoms with E-state index in [-0.39, 0.29) is 5.91 Å². The Morgan fingerprint density at radius 2 is 2.28 bits per heavy atom. The highest BCUT2D eigenvalue weighted by molar-refractivity contribution is 9.09. The highest BCUT2D eigenvalue weighted by Gasteiger charge is 2.22. The van der Waals surface area contributed by atoms with Gasteiger partial charge in [0, 0.05) is 18.4 Å². The molecule has 0 radical (unpaired) electrons. The first kappa shape index (κ1) is 14.0. The summed E-state index contributed by atoms with van der Waals surface area (Å²) >= 11 is 5.00. The summed E-state index contributed by atoms with van der Waals surface area (Å²) in [5.41, 5.74) is 1.13. The second-order valence-electron chi connectivity index (χ2n) is 4.45. The SMILES string of the molecule is O=C(Cc1ccsc1)N1CCC(OCCBr)CC1. The molecule has 0 bridgehead atoms. The minimum absolute atomic E-state index is 0.243. The van der Waals surface area contributed by atoms with E-state index in [2.05, 4.69) is 15.9 Å². The van der Waals surface area contributed by atoms with Crippen molar-refractivity contribution >= 4 is 33.2 Å². The van der Waals surface area contributed by atoms with Crippen LogP contribution < -0.4 is 0 Å². The number of nitrogens with zero attached hydrogens (tertiary/aromatic N) is 1. The number of piperidine rings is 1. The van der Waals surface area contributed by atoms with Gasteiger partial charge < -0.3 is 9.64 Å². The van der Waals surface area contributed by atoms with E-state index in [0.29, 0.717) is 12.5 Å². The zero-order chi connectivity index (χ0) is 12.8. The molecule has 2 rings (SSSR count). The number of carbonyl (C=O) groups excluding carboxylic acids is 1. The zero-order valence-electron chi connectivity index (χ0n) is 10.3. The number of halogens is 1. The van der Waals surface area contributed by atoms with E-state index in [9.17, 15) is 4.79 Å². The van der Waals surface area contributed by atoms with Gasteiger partial charge in [0.25, 0.3) is 0 Å². The van der Waals surface area contributed by atoms with E-state index >= 15 is 0 Å². The van der Waals surface area contributed by atoms with Crippen LogP contribution in [0.5, 0.6) is 0 Å². The standard InChI is InChI=1S/C13H18BrNO2S/c14-4-7-17-12-1-5-15(6-2-12)13(16)9-11-3-8-18-10-11/h3,8,10,12H,1-2,4-7,9H2. The molecule has 0 unspecified atom stereocenters. The van der Waals surface area contributed by atoms with Crippen LogP contribution in [-0.2, 0) is 16.0 Å². The number of ether oxygens (including phenoxy) is 1. The van der Waals surface area contributed by atoms with E-state index in [1.807, 2.05) is 21.7 Å². The molecule has 0 N–H and O–H groups in total. The molecule has 1 aromatic rings. The molecule has 100 valence electrons. The summed E-state index contributed by atoms with van der Waals surface area (Å²) in [7, 11) is 0. The van der Waals surface area contributed by atoms with Crippen LogP contribution in [-0.4, -0.2) is 41.9 Å². The first-order chi connectivity index (χ1) is 8.79. The van der Waals surface area contributed by atoms with E-state index in [4.69, 9.17) is 4.74 Å². The number of hydrogen-bond donors (Lipinski definition) is 0.